The maximum absolute atomic E-state index is 9.09. The Kier molecular flexibility index (Phi) is 6.81. The molecule has 3 aliphatic heterocycles. The lowest BCUT2D eigenvalue weighted by atomic mass is 9.81. The van der Waals surface area contributed by atoms with Crippen molar-refractivity contribution in [3.8, 4) is 11.8 Å². The minimum absolute atomic E-state index is 0.296. The Morgan fingerprint density at radius 2 is 2.03 bits per heavy atom. The predicted molar refractivity (Wildman–Crippen MR) is 141 cm³/mol. The first-order valence-electron chi connectivity index (χ1n) is 13.3. The highest BCUT2D eigenvalue weighted by molar-refractivity contribution is 5.92. The van der Waals surface area contributed by atoms with E-state index in [2.05, 4.69) is 31.8 Å². The number of hydrogen-bond donors (Lipinski definition) is 3. The molecule has 1 unspecified atom stereocenters. The number of aromatic amines is 1. The van der Waals surface area contributed by atoms with E-state index in [1.807, 2.05) is 31.2 Å². The quantitative estimate of drug-likeness (QED) is 0.396. The third-order valence-corrected chi connectivity index (χ3v) is 7.75. The first-order chi connectivity index (χ1) is 18.1. The third-order valence-electron chi connectivity index (χ3n) is 7.75. The summed E-state index contributed by atoms with van der Waals surface area (Å²) < 4.78 is 11.3. The second-order valence-corrected chi connectivity index (χ2v) is 10.5. The second-order valence-electron chi connectivity index (χ2n) is 10.5. The highest BCUT2D eigenvalue weighted by Crippen LogP contribution is 2.36. The van der Waals surface area contributed by atoms with Gasteiger partial charge in [0.25, 0.3) is 0 Å². The standard InChI is InChI=1S/C27H34N8O2/c1-17-10-25(34-33-17)31-26-23-7-6-22(37-16-18-14-36-15-18)13-24(23)30-27(32-26)29-19-11-20-4-2-5-21(12-19)35(20)9-3-8-28/h6-7,10,13,18-21H,2-5,9,11-12,14-16H2,1H3,(H3,29,30,31,32,33,34)/t19?,20-,21+. The lowest BCUT2D eigenvalue weighted by Gasteiger charge is -2.48. The number of piperidine rings is 2. The molecule has 3 fully saturated rings. The van der Waals surface area contributed by atoms with Gasteiger partial charge < -0.3 is 20.1 Å². The molecule has 1 aromatic carbocycles. The Morgan fingerprint density at radius 3 is 2.73 bits per heavy atom. The number of nitrogens with zero attached hydrogens (tertiary/aromatic N) is 5. The van der Waals surface area contributed by atoms with Crippen LogP contribution in [-0.4, -0.2) is 69.6 Å². The van der Waals surface area contributed by atoms with Crippen molar-refractivity contribution < 1.29 is 9.47 Å². The van der Waals surface area contributed by atoms with Gasteiger partial charge in [0, 0.05) is 60.2 Å². The molecule has 10 nitrogen and oxygen atoms in total. The number of nitrogens with one attached hydrogen (secondary N) is 3. The fraction of sp³-hybridized carbons (Fsp3) is 0.556. The van der Waals surface area contributed by atoms with Crippen LogP contribution in [0.5, 0.6) is 5.75 Å². The van der Waals surface area contributed by atoms with Crippen LogP contribution < -0.4 is 15.4 Å². The Hall–Kier alpha value is -3.42. The summed E-state index contributed by atoms with van der Waals surface area (Å²) in [5, 5.41) is 24.3. The predicted octanol–water partition coefficient (Wildman–Crippen LogP) is 4.14. The molecular formula is C27H34N8O2. The summed E-state index contributed by atoms with van der Waals surface area (Å²) in [5.74, 6) is 3.29. The van der Waals surface area contributed by atoms with Crippen molar-refractivity contribution in [3.05, 3.63) is 30.0 Å². The fourth-order valence-electron chi connectivity index (χ4n) is 5.88. The molecular weight excluding hydrogens is 468 g/mol. The highest BCUT2D eigenvalue weighted by atomic mass is 16.5. The number of nitriles is 1. The molecule has 5 heterocycles. The average molecular weight is 503 g/mol. The lowest BCUT2D eigenvalue weighted by molar-refractivity contribution is -0.0508. The molecule has 2 bridgehead atoms. The highest BCUT2D eigenvalue weighted by Gasteiger charge is 2.38. The molecule has 0 radical (unpaired) electrons. The molecule has 0 amide bonds. The minimum atomic E-state index is 0.296. The molecule has 2 aromatic heterocycles. The van der Waals surface area contributed by atoms with Crippen molar-refractivity contribution in [3.63, 3.8) is 0 Å². The molecule has 10 heteroatoms. The smallest absolute Gasteiger partial charge is 0.225 e. The van der Waals surface area contributed by atoms with Crippen LogP contribution in [0.15, 0.2) is 24.3 Å². The Bertz CT molecular complexity index is 1270. The van der Waals surface area contributed by atoms with Gasteiger partial charge in [-0.3, -0.25) is 10.00 Å². The number of anilines is 3. The summed E-state index contributed by atoms with van der Waals surface area (Å²) in [4.78, 5) is 12.4. The van der Waals surface area contributed by atoms with E-state index in [1.165, 1.54) is 19.3 Å². The van der Waals surface area contributed by atoms with Crippen LogP contribution in [0.1, 0.15) is 44.2 Å². The van der Waals surface area contributed by atoms with Gasteiger partial charge in [-0.1, -0.05) is 6.42 Å². The average Bonchev–Trinajstić information content (AvgIpc) is 3.26. The molecule has 194 valence electrons. The summed E-state index contributed by atoms with van der Waals surface area (Å²) in [6.45, 7) is 5.01. The minimum Gasteiger partial charge on any atom is -0.493 e. The topological polar surface area (TPSA) is 124 Å². The number of aryl methyl sites for hydroxylation is 1. The SMILES string of the molecule is Cc1cc(Nc2nc(NC3C[C@H]4CCC[C@@H](C3)N4CCC#N)nc3cc(OCC4COC4)ccc23)n[nH]1. The zero-order chi connectivity index (χ0) is 25.2. The van der Waals surface area contributed by atoms with Crippen molar-refractivity contribution in [1.82, 2.24) is 25.1 Å². The van der Waals surface area contributed by atoms with E-state index in [9.17, 15) is 0 Å². The number of H-pyrrole nitrogens is 1. The molecule has 3 saturated heterocycles. The van der Waals surface area contributed by atoms with Gasteiger partial charge in [-0.15, -0.1) is 0 Å². The normalized spacial score (nSPS) is 23.8. The van der Waals surface area contributed by atoms with Gasteiger partial charge in [-0.2, -0.15) is 15.3 Å². The van der Waals surface area contributed by atoms with E-state index in [1.54, 1.807) is 0 Å². The number of rotatable bonds is 9. The number of benzene rings is 1. The van der Waals surface area contributed by atoms with Gasteiger partial charge >= 0.3 is 0 Å². The van der Waals surface area contributed by atoms with Crippen LogP contribution in [0.4, 0.5) is 17.6 Å². The zero-order valence-electron chi connectivity index (χ0n) is 21.2. The van der Waals surface area contributed by atoms with Gasteiger partial charge in [0.1, 0.15) is 11.6 Å². The van der Waals surface area contributed by atoms with Crippen LogP contribution in [0.3, 0.4) is 0 Å². The van der Waals surface area contributed by atoms with E-state index in [0.717, 1.165) is 54.9 Å². The zero-order valence-corrected chi connectivity index (χ0v) is 21.2. The van der Waals surface area contributed by atoms with E-state index in [-0.39, 0.29) is 0 Å². The van der Waals surface area contributed by atoms with Gasteiger partial charge in [0.15, 0.2) is 5.82 Å². The molecule has 37 heavy (non-hydrogen) atoms. The molecule has 3 aromatic rings. The Labute approximate surface area is 216 Å². The maximum Gasteiger partial charge on any atom is 0.225 e. The van der Waals surface area contributed by atoms with Crippen LogP contribution in [0, 0.1) is 24.2 Å². The monoisotopic (exact) mass is 502 g/mol. The second kappa shape index (κ2) is 10.5. The van der Waals surface area contributed by atoms with Crippen molar-refractivity contribution >= 4 is 28.5 Å². The molecule has 0 spiro atoms. The van der Waals surface area contributed by atoms with Gasteiger partial charge in [0.05, 0.1) is 31.4 Å². The lowest BCUT2D eigenvalue weighted by Crippen LogP contribution is -2.55. The first kappa shape index (κ1) is 23.9. The Balaban J connectivity index is 1.25. The summed E-state index contributed by atoms with van der Waals surface area (Å²) >= 11 is 0. The summed E-state index contributed by atoms with van der Waals surface area (Å²) in [6, 6.07) is 11.6. The third kappa shape index (κ3) is 5.33. The molecule has 0 aliphatic carbocycles. The first-order valence-corrected chi connectivity index (χ1v) is 13.3. The van der Waals surface area contributed by atoms with Crippen LogP contribution >= 0.6 is 0 Å². The largest absolute Gasteiger partial charge is 0.493 e. The number of hydrogen-bond acceptors (Lipinski definition) is 9. The number of fused-ring (bicyclic) bond motifs is 3. The van der Waals surface area contributed by atoms with Gasteiger partial charge in [0.2, 0.25) is 5.95 Å². The number of ether oxygens (including phenoxy) is 2. The van der Waals surface area contributed by atoms with E-state index in [0.29, 0.717) is 54.7 Å². The van der Waals surface area contributed by atoms with E-state index < -0.39 is 0 Å². The Morgan fingerprint density at radius 1 is 1.19 bits per heavy atom. The van der Waals surface area contributed by atoms with Crippen molar-refractivity contribution in [2.75, 3.05) is 37.0 Å². The molecule has 6 rings (SSSR count). The summed E-state index contributed by atoms with van der Waals surface area (Å²) in [7, 11) is 0. The van der Waals surface area contributed by atoms with Crippen molar-refractivity contribution in [2.24, 2.45) is 5.92 Å². The number of aromatic nitrogens is 4. The molecule has 3 atom stereocenters. The molecule has 0 saturated carbocycles. The van der Waals surface area contributed by atoms with Crippen molar-refractivity contribution in [1.29, 1.82) is 5.26 Å². The van der Waals surface area contributed by atoms with Crippen molar-refractivity contribution in [2.45, 2.75) is 63.6 Å². The van der Waals surface area contributed by atoms with Crippen LogP contribution in [-0.2, 0) is 4.74 Å². The summed E-state index contributed by atoms with van der Waals surface area (Å²) in [6.07, 6.45) is 6.32. The maximum atomic E-state index is 9.09. The van der Waals surface area contributed by atoms with Gasteiger partial charge in [-0.05, 0) is 44.7 Å². The van der Waals surface area contributed by atoms with Crippen LogP contribution in [0.25, 0.3) is 10.9 Å². The van der Waals surface area contributed by atoms with Gasteiger partial charge in [-0.25, -0.2) is 4.98 Å². The molecule has 3 N–H and O–H groups in total. The van der Waals surface area contributed by atoms with E-state index in [4.69, 9.17) is 24.7 Å². The van der Waals surface area contributed by atoms with Crippen LogP contribution in [0.2, 0.25) is 0 Å². The summed E-state index contributed by atoms with van der Waals surface area (Å²) in [5.41, 5.74) is 1.80. The molecule has 3 aliphatic rings. The fourth-order valence-corrected chi connectivity index (χ4v) is 5.88. The van der Waals surface area contributed by atoms with E-state index >= 15 is 0 Å².